The molecule has 2 aliphatic heterocycles. The van der Waals surface area contributed by atoms with Crippen LogP contribution in [0, 0.1) is 11.8 Å². The second kappa shape index (κ2) is 17.9. The molecule has 0 spiro atoms. The number of allylic oxidation sites excluding steroid dienone is 1. The number of rotatable bonds is 13. The third-order valence-electron chi connectivity index (χ3n) is 10.8. The summed E-state index contributed by atoms with van der Waals surface area (Å²) in [6.45, 7) is 12.5. The molecule has 0 aromatic heterocycles. The van der Waals surface area contributed by atoms with Gasteiger partial charge in [0.15, 0.2) is 0 Å². The summed E-state index contributed by atoms with van der Waals surface area (Å²) in [7, 11) is 0. The summed E-state index contributed by atoms with van der Waals surface area (Å²) >= 11 is 0. The molecule has 2 unspecified atom stereocenters. The summed E-state index contributed by atoms with van der Waals surface area (Å²) in [5, 5.41) is 15.2. The van der Waals surface area contributed by atoms with Gasteiger partial charge in [-0.05, 0) is 108 Å². The molecule has 0 amide bonds. The van der Waals surface area contributed by atoms with Gasteiger partial charge in [-0.1, -0.05) is 55.2 Å². The largest absolute Gasteiger partial charge is 0.372 e. The maximum atomic E-state index is 6.69. The van der Waals surface area contributed by atoms with E-state index in [1.54, 1.807) is 0 Å². The SMILES string of the molecule is CC1=C(N2CCN(Cc3ccccc3)CC2)CC(N)NC(NCC2CCC(CNCCCNC3CCCCC3)CC2)CC1. The second-order valence-corrected chi connectivity index (χ2v) is 14.2. The van der Waals surface area contributed by atoms with Gasteiger partial charge < -0.3 is 26.6 Å². The molecule has 0 bridgehead atoms. The molecule has 1 aromatic rings. The number of piperazine rings is 1. The number of hydrogen-bond acceptors (Lipinski definition) is 7. The Bertz CT molecular complexity index is 930. The highest BCUT2D eigenvalue weighted by atomic mass is 15.3. The molecule has 4 aliphatic rings. The van der Waals surface area contributed by atoms with Gasteiger partial charge in [-0.2, -0.15) is 0 Å². The van der Waals surface area contributed by atoms with Crippen LogP contribution in [-0.4, -0.2) is 80.5 Å². The quantitative estimate of drug-likeness (QED) is 0.211. The summed E-state index contributed by atoms with van der Waals surface area (Å²) in [5.41, 5.74) is 11.1. The zero-order valence-corrected chi connectivity index (χ0v) is 27.3. The monoisotopic (exact) mass is 594 g/mol. The van der Waals surface area contributed by atoms with Crippen molar-refractivity contribution in [1.82, 2.24) is 31.1 Å². The highest BCUT2D eigenvalue weighted by molar-refractivity contribution is 5.16. The molecule has 43 heavy (non-hydrogen) atoms. The fourth-order valence-electron chi connectivity index (χ4n) is 7.95. The van der Waals surface area contributed by atoms with Crippen molar-refractivity contribution in [2.24, 2.45) is 17.6 Å². The van der Waals surface area contributed by atoms with Crippen molar-refractivity contribution in [2.75, 3.05) is 52.4 Å². The smallest absolute Gasteiger partial charge is 0.0614 e. The highest BCUT2D eigenvalue weighted by Gasteiger charge is 2.26. The molecule has 5 rings (SSSR count). The predicted molar refractivity (Wildman–Crippen MR) is 181 cm³/mol. The van der Waals surface area contributed by atoms with Gasteiger partial charge in [0.1, 0.15) is 0 Å². The summed E-state index contributed by atoms with van der Waals surface area (Å²) in [6, 6.07) is 11.7. The van der Waals surface area contributed by atoms with Crippen LogP contribution in [-0.2, 0) is 6.54 Å². The molecular formula is C36H63N7. The molecule has 7 nitrogen and oxygen atoms in total. The van der Waals surface area contributed by atoms with Crippen LogP contribution in [0.5, 0.6) is 0 Å². The van der Waals surface area contributed by atoms with Gasteiger partial charge in [0.25, 0.3) is 0 Å². The first-order valence-corrected chi connectivity index (χ1v) is 18.0. The number of hydrogen-bond donors (Lipinski definition) is 5. The van der Waals surface area contributed by atoms with Crippen LogP contribution >= 0.6 is 0 Å². The Balaban J connectivity index is 0.942. The highest BCUT2D eigenvalue weighted by Crippen LogP contribution is 2.29. The zero-order chi connectivity index (χ0) is 29.7. The Morgan fingerprint density at radius 1 is 0.814 bits per heavy atom. The summed E-state index contributed by atoms with van der Waals surface area (Å²) in [6.07, 6.45) is 17.3. The average Bonchev–Trinajstić information content (AvgIpc) is 3.04. The van der Waals surface area contributed by atoms with E-state index in [-0.39, 0.29) is 6.17 Å². The minimum Gasteiger partial charge on any atom is -0.372 e. The Kier molecular flexibility index (Phi) is 13.7. The Morgan fingerprint density at radius 3 is 2.28 bits per heavy atom. The van der Waals surface area contributed by atoms with E-state index in [1.165, 1.54) is 94.1 Å². The van der Waals surface area contributed by atoms with Crippen molar-refractivity contribution in [2.45, 2.75) is 115 Å². The van der Waals surface area contributed by atoms with E-state index in [0.717, 1.165) is 83.0 Å². The number of benzene rings is 1. The molecule has 1 aromatic carbocycles. The van der Waals surface area contributed by atoms with Crippen molar-refractivity contribution >= 4 is 0 Å². The molecule has 242 valence electrons. The van der Waals surface area contributed by atoms with Crippen LogP contribution in [0.3, 0.4) is 0 Å². The number of nitrogens with one attached hydrogen (secondary N) is 4. The van der Waals surface area contributed by atoms with E-state index >= 15 is 0 Å². The second-order valence-electron chi connectivity index (χ2n) is 14.2. The van der Waals surface area contributed by atoms with E-state index in [0.29, 0.717) is 6.17 Å². The average molecular weight is 594 g/mol. The fraction of sp³-hybridized carbons (Fsp3) is 0.778. The molecule has 3 fully saturated rings. The zero-order valence-electron chi connectivity index (χ0n) is 27.3. The van der Waals surface area contributed by atoms with E-state index < -0.39 is 0 Å². The van der Waals surface area contributed by atoms with Crippen LogP contribution in [0.25, 0.3) is 0 Å². The molecule has 2 saturated carbocycles. The van der Waals surface area contributed by atoms with Crippen LogP contribution in [0.15, 0.2) is 41.6 Å². The van der Waals surface area contributed by atoms with Crippen LogP contribution in [0.4, 0.5) is 0 Å². The molecular weight excluding hydrogens is 530 g/mol. The van der Waals surface area contributed by atoms with Gasteiger partial charge in [0.2, 0.25) is 0 Å². The first kappa shape index (κ1) is 32.9. The van der Waals surface area contributed by atoms with Gasteiger partial charge in [-0.25, -0.2) is 0 Å². The van der Waals surface area contributed by atoms with Crippen molar-refractivity contribution in [1.29, 1.82) is 0 Å². The Morgan fingerprint density at radius 2 is 1.53 bits per heavy atom. The molecule has 0 radical (unpaired) electrons. The van der Waals surface area contributed by atoms with Gasteiger partial charge in [0.05, 0.1) is 12.3 Å². The normalized spacial score (nSPS) is 28.6. The first-order chi connectivity index (χ1) is 21.1. The molecule has 7 heteroatoms. The summed E-state index contributed by atoms with van der Waals surface area (Å²) in [5.74, 6) is 1.67. The van der Waals surface area contributed by atoms with Crippen LogP contribution in [0.1, 0.15) is 96.0 Å². The molecule has 6 N–H and O–H groups in total. The van der Waals surface area contributed by atoms with Gasteiger partial charge >= 0.3 is 0 Å². The first-order valence-electron chi connectivity index (χ1n) is 18.0. The third-order valence-corrected chi connectivity index (χ3v) is 10.8. The Hall–Kier alpha value is -1.48. The lowest BCUT2D eigenvalue weighted by Gasteiger charge is -2.40. The molecule has 1 saturated heterocycles. The van der Waals surface area contributed by atoms with E-state index in [9.17, 15) is 0 Å². The summed E-state index contributed by atoms with van der Waals surface area (Å²) in [4.78, 5) is 5.21. The topological polar surface area (TPSA) is 80.6 Å². The van der Waals surface area contributed by atoms with Crippen molar-refractivity contribution in [3.8, 4) is 0 Å². The van der Waals surface area contributed by atoms with Crippen molar-refractivity contribution < 1.29 is 0 Å². The van der Waals surface area contributed by atoms with Gasteiger partial charge in [-0.15, -0.1) is 0 Å². The van der Waals surface area contributed by atoms with E-state index in [2.05, 4.69) is 68.3 Å². The van der Waals surface area contributed by atoms with E-state index in [4.69, 9.17) is 5.73 Å². The predicted octanol–water partition coefficient (Wildman–Crippen LogP) is 4.76. The van der Waals surface area contributed by atoms with Crippen LogP contribution < -0.4 is 27.0 Å². The standard InChI is InChI=1S/C36H63N7/c1-29-13-18-36(41-35(37)25-34(29)43-23-21-42(22-24-43)28-32-9-4-2-5-10-32)40-27-31-16-14-30(15-17-31)26-38-19-8-20-39-33-11-6-3-7-12-33/h2,4-5,9-10,30-31,33,35-36,38-41H,3,6-8,11-28,37H2,1H3. The van der Waals surface area contributed by atoms with Crippen LogP contribution in [0.2, 0.25) is 0 Å². The number of nitrogens with zero attached hydrogens (tertiary/aromatic N) is 2. The molecule has 2 aliphatic carbocycles. The lowest BCUT2D eigenvalue weighted by atomic mass is 9.82. The lowest BCUT2D eigenvalue weighted by Crippen LogP contribution is -2.54. The maximum Gasteiger partial charge on any atom is 0.0614 e. The van der Waals surface area contributed by atoms with Gasteiger partial charge in [-0.3, -0.25) is 10.2 Å². The lowest BCUT2D eigenvalue weighted by molar-refractivity contribution is 0.145. The van der Waals surface area contributed by atoms with Crippen molar-refractivity contribution in [3.05, 3.63) is 47.2 Å². The maximum absolute atomic E-state index is 6.69. The van der Waals surface area contributed by atoms with Gasteiger partial charge in [0, 0.05) is 50.9 Å². The third kappa shape index (κ3) is 11.1. The molecule has 2 atom stereocenters. The fourth-order valence-corrected chi connectivity index (χ4v) is 7.95. The minimum atomic E-state index is 0.00442. The Labute approximate surface area is 263 Å². The van der Waals surface area contributed by atoms with Crippen molar-refractivity contribution in [3.63, 3.8) is 0 Å². The summed E-state index contributed by atoms with van der Waals surface area (Å²) < 4.78 is 0. The minimum absolute atomic E-state index is 0.00442. The molecule has 2 heterocycles. The number of nitrogens with two attached hydrogens (primary N) is 1. The van der Waals surface area contributed by atoms with E-state index in [1.807, 2.05) is 0 Å².